The van der Waals surface area contributed by atoms with Crippen LogP contribution in [-0.2, 0) is 6.42 Å². The summed E-state index contributed by atoms with van der Waals surface area (Å²) in [5.74, 6) is 1.29. The first kappa shape index (κ1) is 12.3. The fourth-order valence-corrected chi connectivity index (χ4v) is 1.84. The van der Waals surface area contributed by atoms with E-state index in [2.05, 4.69) is 22.0 Å². The van der Waals surface area contributed by atoms with E-state index in [0.29, 0.717) is 11.6 Å². The van der Waals surface area contributed by atoms with Crippen molar-refractivity contribution < 1.29 is 0 Å². The summed E-state index contributed by atoms with van der Waals surface area (Å²) in [6.07, 6.45) is 3.69. The minimum atomic E-state index is 0.174. The van der Waals surface area contributed by atoms with E-state index in [0.717, 1.165) is 29.7 Å². The van der Waals surface area contributed by atoms with Gasteiger partial charge in [0, 0.05) is 11.8 Å². The monoisotopic (exact) mass is 246 g/mol. The SMILES string of the molecule is CCCc1c(N)nc(N)nc1-n1cc(C)c(C)n1. The molecule has 0 unspecified atom stereocenters. The second kappa shape index (κ2) is 4.64. The van der Waals surface area contributed by atoms with Gasteiger partial charge < -0.3 is 11.5 Å². The van der Waals surface area contributed by atoms with Gasteiger partial charge >= 0.3 is 0 Å². The fourth-order valence-electron chi connectivity index (χ4n) is 1.84. The molecule has 0 aliphatic heterocycles. The summed E-state index contributed by atoms with van der Waals surface area (Å²) in [6, 6.07) is 0. The molecule has 2 aromatic rings. The highest BCUT2D eigenvalue weighted by Crippen LogP contribution is 2.21. The molecule has 0 fully saturated rings. The molecule has 2 aromatic heterocycles. The van der Waals surface area contributed by atoms with Crippen LogP contribution in [0.3, 0.4) is 0 Å². The van der Waals surface area contributed by atoms with Crippen LogP contribution in [0, 0.1) is 13.8 Å². The maximum absolute atomic E-state index is 5.92. The Balaban J connectivity index is 2.61. The van der Waals surface area contributed by atoms with E-state index in [-0.39, 0.29) is 5.95 Å². The van der Waals surface area contributed by atoms with E-state index in [1.807, 2.05) is 20.0 Å². The Morgan fingerprint density at radius 2 is 1.94 bits per heavy atom. The predicted octanol–water partition coefficient (Wildman–Crippen LogP) is 1.40. The molecular formula is C12H18N6. The van der Waals surface area contributed by atoms with Gasteiger partial charge in [0.15, 0.2) is 5.82 Å². The number of rotatable bonds is 3. The number of hydrogen-bond donors (Lipinski definition) is 2. The average Bonchev–Trinajstić information content (AvgIpc) is 2.63. The number of aryl methyl sites for hydroxylation is 2. The van der Waals surface area contributed by atoms with Crippen LogP contribution in [0.1, 0.15) is 30.2 Å². The third-order valence-corrected chi connectivity index (χ3v) is 2.90. The van der Waals surface area contributed by atoms with Crippen LogP contribution >= 0.6 is 0 Å². The maximum Gasteiger partial charge on any atom is 0.224 e. The average molecular weight is 246 g/mol. The summed E-state index contributed by atoms with van der Waals surface area (Å²) in [5.41, 5.74) is 14.5. The van der Waals surface area contributed by atoms with E-state index < -0.39 is 0 Å². The predicted molar refractivity (Wildman–Crippen MR) is 71.4 cm³/mol. The summed E-state index contributed by atoms with van der Waals surface area (Å²) < 4.78 is 1.73. The zero-order valence-corrected chi connectivity index (χ0v) is 10.9. The van der Waals surface area contributed by atoms with Crippen LogP contribution < -0.4 is 11.5 Å². The zero-order chi connectivity index (χ0) is 13.3. The van der Waals surface area contributed by atoms with E-state index >= 15 is 0 Å². The van der Waals surface area contributed by atoms with Gasteiger partial charge in [-0.1, -0.05) is 13.3 Å². The molecule has 0 saturated carbocycles. The normalized spacial score (nSPS) is 10.8. The first-order valence-corrected chi connectivity index (χ1v) is 5.98. The zero-order valence-electron chi connectivity index (χ0n) is 10.9. The van der Waals surface area contributed by atoms with Gasteiger partial charge in [-0.3, -0.25) is 0 Å². The highest BCUT2D eigenvalue weighted by Gasteiger charge is 2.14. The molecule has 2 rings (SSSR count). The molecular weight excluding hydrogens is 228 g/mol. The first-order chi connectivity index (χ1) is 8.52. The van der Waals surface area contributed by atoms with Gasteiger partial charge in [-0.05, 0) is 25.8 Å². The van der Waals surface area contributed by atoms with Crippen LogP contribution in [-0.4, -0.2) is 19.7 Å². The molecule has 0 aliphatic carbocycles. The van der Waals surface area contributed by atoms with Gasteiger partial charge in [-0.2, -0.15) is 15.1 Å². The second-order valence-electron chi connectivity index (χ2n) is 4.36. The van der Waals surface area contributed by atoms with Gasteiger partial charge in [-0.15, -0.1) is 0 Å². The molecule has 96 valence electrons. The number of aromatic nitrogens is 4. The Morgan fingerprint density at radius 3 is 2.50 bits per heavy atom. The molecule has 0 saturated heterocycles. The van der Waals surface area contributed by atoms with Gasteiger partial charge in [0.05, 0.1) is 5.69 Å². The standard InChI is InChI=1S/C12H18N6/c1-4-5-9-10(13)15-12(14)16-11(9)18-6-7(2)8(3)17-18/h6H,4-5H2,1-3H3,(H4,13,14,15,16). The van der Waals surface area contributed by atoms with Crippen LogP contribution in [0.15, 0.2) is 6.20 Å². The molecule has 6 nitrogen and oxygen atoms in total. The van der Waals surface area contributed by atoms with E-state index in [4.69, 9.17) is 11.5 Å². The molecule has 0 atom stereocenters. The lowest BCUT2D eigenvalue weighted by molar-refractivity contribution is 0.796. The van der Waals surface area contributed by atoms with Crippen molar-refractivity contribution >= 4 is 11.8 Å². The van der Waals surface area contributed by atoms with Crippen molar-refractivity contribution in [1.82, 2.24) is 19.7 Å². The topological polar surface area (TPSA) is 95.6 Å². The molecule has 0 spiro atoms. The molecule has 0 bridgehead atoms. The number of hydrogen-bond acceptors (Lipinski definition) is 5. The lowest BCUT2D eigenvalue weighted by Gasteiger charge is -2.10. The second-order valence-corrected chi connectivity index (χ2v) is 4.36. The van der Waals surface area contributed by atoms with Crippen molar-refractivity contribution in [2.24, 2.45) is 0 Å². The third kappa shape index (κ3) is 2.13. The minimum absolute atomic E-state index is 0.174. The van der Waals surface area contributed by atoms with Crippen LogP contribution in [0.25, 0.3) is 5.82 Å². The quantitative estimate of drug-likeness (QED) is 0.853. The van der Waals surface area contributed by atoms with Crippen LogP contribution in [0.4, 0.5) is 11.8 Å². The van der Waals surface area contributed by atoms with Crippen molar-refractivity contribution in [1.29, 1.82) is 0 Å². The summed E-state index contributed by atoms with van der Waals surface area (Å²) in [5, 5.41) is 4.42. The molecule has 18 heavy (non-hydrogen) atoms. The maximum atomic E-state index is 5.92. The van der Waals surface area contributed by atoms with Crippen LogP contribution in [0.2, 0.25) is 0 Å². The van der Waals surface area contributed by atoms with Crippen molar-refractivity contribution in [2.75, 3.05) is 11.5 Å². The molecule has 0 aromatic carbocycles. The van der Waals surface area contributed by atoms with Gasteiger partial charge in [0.25, 0.3) is 0 Å². The summed E-state index contributed by atoms with van der Waals surface area (Å²) in [7, 11) is 0. The largest absolute Gasteiger partial charge is 0.383 e. The number of nitrogens with two attached hydrogens (primary N) is 2. The van der Waals surface area contributed by atoms with E-state index in [9.17, 15) is 0 Å². The fraction of sp³-hybridized carbons (Fsp3) is 0.417. The molecule has 0 amide bonds. The Labute approximate surface area is 106 Å². The Hall–Kier alpha value is -2.11. The Morgan fingerprint density at radius 1 is 1.22 bits per heavy atom. The highest BCUT2D eigenvalue weighted by atomic mass is 15.3. The number of anilines is 2. The van der Waals surface area contributed by atoms with Crippen molar-refractivity contribution in [3.8, 4) is 5.82 Å². The number of nitrogen functional groups attached to an aromatic ring is 2. The highest BCUT2D eigenvalue weighted by molar-refractivity contribution is 5.52. The molecule has 0 aliphatic rings. The van der Waals surface area contributed by atoms with E-state index in [1.165, 1.54) is 0 Å². The van der Waals surface area contributed by atoms with Crippen LogP contribution in [0.5, 0.6) is 0 Å². The third-order valence-electron chi connectivity index (χ3n) is 2.90. The van der Waals surface area contributed by atoms with Crippen molar-refractivity contribution in [2.45, 2.75) is 33.6 Å². The Kier molecular flexibility index (Phi) is 3.18. The molecule has 0 radical (unpaired) electrons. The molecule has 2 heterocycles. The smallest absolute Gasteiger partial charge is 0.224 e. The number of nitrogens with zero attached hydrogens (tertiary/aromatic N) is 4. The molecule has 4 N–H and O–H groups in total. The van der Waals surface area contributed by atoms with E-state index in [1.54, 1.807) is 4.68 Å². The summed E-state index contributed by atoms with van der Waals surface area (Å²) >= 11 is 0. The summed E-state index contributed by atoms with van der Waals surface area (Å²) in [4.78, 5) is 8.28. The van der Waals surface area contributed by atoms with Gasteiger partial charge in [0.1, 0.15) is 5.82 Å². The molecule has 6 heteroatoms. The lowest BCUT2D eigenvalue weighted by Crippen LogP contribution is -2.11. The Bertz CT molecular complexity index is 553. The lowest BCUT2D eigenvalue weighted by atomic mass is 10.1. The van der Waals surface area contributed by atoms with Gasteiger partial charge in [-0.25, -0.2) is 4.68 Å². The van der Waals surface area contributed by atoms with Crippen molar-refractivity contribution in [3.63, 3.8) is 0 Å². The first-order valence-electron chi connectivity index (χ1n) is 5.98. The van der Waals surface area contributed by atoms with Gasteiger partial charge in [0.2, 0.25) is 5.95 Å². The summed E-state index contributed by atoms with van der Waals surface area (Å²) in [6.45, 7) is 6.05. The minimum Gasteiger partial charge on any atom is -0.383 e. The van der Waals surface area contributed by atoms with Crippen molar-refractivity contribution in [3.05, 3.63) is 23.0 Å².